The summed E-state index contributed by atoms with van der Waals surface area (Å²) < 4.78 is -0.547. The number of carbonyl (C=O) groups is 3. The van der Waals surface area contributed by atoms with Crippen LogP contribution in [0, 0.1) is 0 Å². The summed E-state index contributed by atoms with van der Waals surface area (Å²) >= 11 is 0. The van der Waals surface area contributed by atoms with E-state index in [2.05, 4.69) is 6.08 Å². The second kappa shape index (κ2) is 12.5. The third kappa shape index (κ3) is 7.33. The lowest BCUT2D eigenvalue weighted by molar-refractivity contribution is -0.969. The van der Waals surface area contributed by atoms with Crippen LogP contribution < -0.4 is 5.11 Å². The molecule has 7 nitrogen and oxygen atoms in total. The van der Waals surface area contributed by atoms with Crippen molar-refractivity contribution in [2.75, 3.05) is 6.54 Å². The summed E-state index contributed by atoms with van der Waals surface area (Å²) in [6.45, 7) is 6.27. The zero-order valence-electron chi connectivity index (χ0n) is 17.0. The van der Waals surface area contributed by atoms with Crippen LogP contribution in [0.5, 0.6) is 0 Å². The van der Waals surface area contributed by atoms with E-state index in [-0.39, 0.29) is 6.54 Å². The van der Waals surface area contributed by atoms with E-state index in [4.69, 9.17) is 0 Å². The van der Waals surface area contributed by atoms with Crippen LogP contribution in [0.25, 0.3) is 0 Å². The van der Waals surface area contributed by atoms with Crippen LogP contribution in [0.2, 0.25) is 0 Å². The van der Waals surface area contributed by atoms with Gasteiger partial charge in [-0.25, -0.2) is 9.59 Å². The largest absolute Gasteiger partial charge is 0.544 e. The van der Waals surface area contributed by atoms with Gasteiger partial charge >= 0.3 is 11.9 Å². The van der Waals surface area contributed by atoms with Crippen molar-refractivity contribution >= 4 is 17.9 Å². The van der Waals surface area contributed by atoms with Gasteiger partial charge in [0.25, 0.3) is 0 Å². The number of carbonyl (C=O) groups excluding carboxylic acids is 1. The molecular formula is C20H35NO6. The Hall–Kier alpha value is -1.89. The van der Waals surface area contributed by atoms with Gasteiger partial charge in [-0.2, -0.15) is 0 Å². The van der Waals surface area contributed by atoms with E-state index < -0.39 is 40.5 Å². The Kier molecular flexibility index (Phi) is 11.6. The SMILES string of the molecule is C/C=C/CCCCCCCC[N+](C(C)C(=O)[O-])(C(C)C(=O)O)C(C)C(=O)O. The maximum absolute atomic E-state index is 11.6. The average molecular weight is 386 g/mol. The average Bonchev–Trinajstić information content (AvgIpc) is 2.61. The molecule has 0 saturated carbocycles. The number of hydrogen-bond acceptors (Lipinski definition) is 4. The molecule has 0 aliphatic rings. The molecule has 0 aromatic heterocycles. The molecule has 0 aromatic carbocycles. The van der Waals surface area contributed by atoms with E-state index in [0.717, 1.165) is 38.5 Å². The summed E-state index contributed by atoms with van der Waals surface area (Å²) in [6, 6.07) is -3.56. The molecular weight excluding hydrogens is 350 g/mol. The van der Waals surface area contributed by atoms with Gasteiger partial charge in [0.05, 0.1) is 12.5 Å². The normalized spacial score (nSPS) is 17.2. The number of quaternary nitrogens is 1. The molecule has 0 radical (unpaired) electrons. The second-order valence-electron chi connectivity index (χ2n) is 7.22. The molecule has 156 valence electrons. The van der Waals surface area contributed by atoms with Crippen molar-refractivity contribution in [1.29, 1.82) is 0 Å². The molecule has 7 heteroatoms. The number of nitrogens with zero attached hydrogens (tertiary/aromatic N) is 1. The van der Waals surface area contributed by atoms with Crippen molar-refractivity contribution in [2.45, 2.75) is 90.8 Å². The first-order valence-corrected chi connectivity index (χ1v) is 9.77. The number of allylic oxidation sites excluding steroid dienone is 2. The fraction of sp³-hybridized carbons (Fsp3) is 0.750. The predicted octanol–water partition coefficient (Wildman–Crippen LogP) is 2.19. The number of carboxylic acid groups (broad SMARTS) is 3. The third-order valence-electron chi connectivity index (χ3n) is 5.62. The van der Waals surface area contributed by atoms with Crippen LogP contribution in [0.3, 0.4) is 0 Å². The number of hydrogen-bond donors (Lipinski definition) is 2. The molecule has 2 N–H and O–H groups in total. The lowest BCUT2D eigenvalue weighted by Gasteiger charge is -2.49. The first-order chi connectivity index (χ1) is 12.6. The first-order valence-electron chi connectivity index (χ1n) is 9.77. The van der Waals surface area contributed by atoms with Crippen LogP contribution in [-0.2, 0) is 14.4 Å². The Morgan fingerprint density at radius 2 is 1.30 bits per heavy atom. The number of rotatable bonds is 15. The summed E-state index contributed by atoms with van der Waals surface area (Å²) in [5, 5.41) is 30.5. The minimum absolute atomic E-state index is 0.175. The van der Waals surface area contributed by atoms with Gasteiger partial charge < -0.3 is 20.1 Å². The van der Waals surface area contributed by atoms with Crippen molar-refractivity contribution in [3.8, 4) is 0 Å². The Labute approximate surface area is 162 Å². The quantitative estimate of drug-likeness (QED) is 0.254. The van der Waals surface area contributed by atoms with Gasteiger partial charge in [0, 0.05) is 0 Å². The molecule has 0 heterocycles. The molecule has 3 unspecified atom stereocenters. The molecule has 0 aromatic rings. The smallest absolute Gasteiger partial charge is 0.362 e. The minimum Gasteiger partial charge on any atom is -0.544 e. The van der Waals surface area contributed by atoms with E-state index >= 15 is 0 Å². The van der Waals surface area contributed by atoms with Gasteiger partial charge in [-0.05, 0) is 53.4 Å². The molecule has 0 fully saturated rings. The van der Waals surface area contributed by atoms with Crippen LogP contribution in [0.1, 0.15) is 72.6 Å². The van der Waals surface area contributed by atoms with Crippen molar-refractivity contribution < 1.29 is 34.2 Å². The highest BCUT2D eigenvalue weighted by molar-refractivity contribution is 5.76. The highest BCUT2D eigenvalue weighted by Crippen LogP contribution is 2.27. The standard InChI is InChI=1S/C20H35NO6/c1-5-6-7-8-9-10-11-12-13-14-21(15(2)18(22)23,16(3)19(24)25)17(4)20(26)27/h5-6,15-17H,7-14H2,1-4H3,(H2-,22,23,24,25,26,27)/b6-5+. The van der Waals surface area contributed by atoms with Gasteiger partial charge in [-0.3, -0.25) is 4.48 Å². The summed E-state index contributed by atoms with van der Waals surface area (Å²) in [7, 11) is 0. The zero-order chi connectivity index (χ0) is 21.0. The van der Waals surface area contributed by atoms with E-state index in [0.29, 0.717) is 6.42 Å². The molecule has 3 atom stereocenters. The highest BCUT2D eigenvalue weighted by atomic mass is 16.4. The Morgan fingerprint density at radius 3 is 1.70 bits per heavy atom. The topological polar surface area (TPSA) is 115 Å². The monoisotopic (exact) mass is 385 g/mol. The van der Waals surface area contributed by atoms with E-state index in [1.165, 1.54) is 20.8 Å². The molecule has 0 saturated heterocycles. The number of unbranched alkanes of at least 4 members (excludes halogenated alkanes) is 6. The lowest BCUT2D eigenvalue weighted by atomic mass is 10.00. The van der Waals surface area contributed by atoms with Crippen LogP contribution in [0.4, 0.5) is 0 Å². The highest BCUT2D eigenvalue weighted by Gasteiger charge is 2.50. The van der Waals surface area contributed by atoms with Crippen LogP contribution in [0.15, 0.2) is 12.2 Å². The number of carboxylic acids is 3. The van der Waals surface area contributed by atoms with Gasteiger partial charge in [-0.1, -0.05) is 31.4 Å². The zero-order valence-corrected chi connectivity index (χ0v) is 17.0. The Morgan fingerprint density at radius 1 is 0.852 bits per heavy atom. The molecule has 0 bridgehead atoms. The fourth-order valence-corrected chi connectivity index (χ4v) is 3.72. The summed E-state index contributed by atoms with van der Waals surface area (Å²) in [6.07, 6.45) is 10.8. The molecule has 0 rings (SSSR count). The Balaban J connectivity index is 5.06. The fourth-order valence-electron chi connectivity index (χ4n) is 3.72. The van der Waals surface area contributed by atoms with Crippen LogP contribution >= 0.6 is 0 Å². The van der Waals surface area contributed by atoms with Gasteiger partial charge in [0.2, 0.25) is 0 Å². The molecule has 0 aliphatic carbocycles. The van der Waals surface area contributed by atoms with Crippen LogP contribution in [-0.4, -0.2) is 57.3 Å². The van der Waals surface area contributed by atoms with Crippen molar-refractivity contribution in [1.82, 2.24) is 0 Å². The summed E-state index contributed by atoms with van der Waals surface area (Å²) in [5.41, 5.74) is 0. The summed E-state index contributed by atoms with van der Waals surface area (Å²) in [4.78, 5) is 34.8. The van der Waals surface area contributed by atoms with Gasteiger partial charge in [0.15, 0.2) is 12.1 Å². The second-order valence-corrected chi connectivity index (χ2v) is 7.22. The lowest BCUT2D eigenvalue weighted by Crippen LogP contribution is -2.72. The molecule has 0 amide bonds. The maximum atomic E-state index is 11.6. The maximum Gasteiger partial charge on any atom is 0.362 e. The molecule has 0 aliphatic heterocycles. The predicted molar refractivity (Wildman–Crippen MR) is 101 cm³/mol. The van der Waals surface area contributed by atoms with Crippen molar-refractivity contribution in [2.24, 2.45) is 0 Å². The number of aliphatic carboxylic acids is 3. The molecule has 0 spiro atoms. The van der Waals surface area contributed by atoms with E-state index in [9.17, 15) is 29.7 Å². The minimum atomic E-state index is -1.43. The van der Waals surface area contributed by atoms with Gasteiger partial charge in [-0.15, -0.1) is 0 Å². The molecule has 27 heavy (non-hydrogen) atoms. The van der Waals surface area contributed by atoms with Gasteiger partial charge in [0.1, 0.15) is 6.04 Å². The van der Waals surface area contributed by atoms with E-state index in [1.54, 1.807) is 0 Å². The summed E-state index contributed by atoms with van der Waals surface area (Å²) in [5.74, 6) is -3.85. The third-order valence-corrected chi connectivity index (χ3v) is 5.62. The van der Waals surface area contributed by atoms with Crippen molar-refractivity contribution in [3.63, 3.8) is 0 Å². The van der Waals surface area contributed by atoms with E-state index in [1.807, 2.05) is 13.0 Å². The first kappa shape index (κ1) is 25.1. The van der Waals surface area contributed by atoms with Crippen molar-refractivity contribution in [3.05, 3.63) is 12.2 Å². The Bertz CT molecular complexity index is 466.